The molecule has 0 spiro atoms. The standard InChI is InChI=1S/C27H22N6O2S/c34-27(29-21-9-6-12-23(16-21)35-18-20-8-7-15-28-17-20)24-13-4-5-14-25(24)36-19-26-30-31-32-33(26)22-10-2-1-3-11-22/h1-17H,18-19H2,(H,29,34). The van der Waals surface area contributed by atoms with E-state index in [-0.39, 0.29) is 5.91 Å². The summed E-state index contributed by atoms with van der Waals surface area (Å²) in [6.07, 6.45) is 3.49. The molecular formula is C27H22N6O2S. The number of para-hydroxylation sites is 1. The van der Waals surface area contributed by atoms with Gasteiger partial charge in [0.15, 0.2) is 5.82 Å². The third-order valence-corrected chi connectivity index (χ3v) is 6.31. The van der Waals surface area contributed by atoms with E-state index in [1.165, 1.54) is 11.8 Å². The predicted molar refractivity (Wildman–Crippen MR) is 138 cm³/mol. The number of pyridine rings is 1. The Balaban J connectivity index is 1.26. The monoisotopic (exact) mass is 494 g/mol. The smallest absolute Gasteiger partial charge is 0.256 e. The number of aromatic nitrogens is 5. The van der Waals surface area contributed by atoms with Crippen molar-refractivity contribution in [1.29, 1.82) is 0 Å². The Kier molecular flexibility index (Phi) is 7.29. The number of anilines is 1. The molecule has 8 nitrogen and oxygen atoms in total. The molecule has 0 radical (unpaired) electrons. The van der Waals surface area contributed by atoms with Crippen molar-refractivity contribution in [2.75, 3.05) is 5.32 Å². The fourth-order valence-corrected chi connectivity index (χ4v) is 4.46. The normalized spacial score (nSPS) is 10.7. The molecule has 1 N–H and O–H groups in total. The molecule has 0 aliphatic carbocycles. The lowest BCUT2D eigenvalue weighted by Gasteiger charge is -2.11. The summed E-state index contributed by atoms with van der Waals surface area (Å²) in [7, 11) is 0. The lowest BCUT2D eigenvalue weighted by atomic mass is 10.2. The SMILES string of the molecule is O=C(Nc1cccc(OCc2cccnc2)c1)c1ccccc1SCc1nnnn1-c1ccccc1. The largest absolute Gasteiger partial charge is 0.489 e. The minimum atomic E-state index is -0.204. The predicted octanol–water partition coefficient (Wildman–Crippen LogP) is 5.18. The Labute approximate surface area is 212 Å². The molecule has 1 amide bonds. The third-order valence-electron chi connectivity index (χ3n) is 5.24. The quantitative estimate of drug-likeness (QED) is 0.282. The minimum absolute atomic E-state index is 0.204. The van der Waals surface area contributed by atoms with Crippen molar-refractivity contribution in [3.8, 4) is 11.4 Å². The maximum absolute atomic E-state index is 13.2. The summed E-state index contributed by atoms with van der Waals surface area (Å²) in [6.45, 7) is 0.396. The van der Waals surface area contributed by atoms with Gasteiger partial charge < -0.3 is 10.1 Å². The number of ether oxygens (including phenoxy) is 1. The molecule has 0 aliphatic rings. The van der Waals surface area contributed by atoms with Crippen LogP contribution in [-0.4, -0.2) is 31.1 Å². The molecule has 5 aromatic rings. The van der Waals surface area contributed by atoms with Crippen LogP contribution < -0.4 is 10.1 Å². The van der Waals surface area contributed by atoms with Crippen molar-refractivity contribution in [3.63, 3.8) is 0 Å². The zero-order valence-corrected chi connectivity index (χ0v) is 20.0. The first-order valence-corrected chi connectivity index (χ1v) is 12.2. The van der Waals surface area contributed by atoms with Crippen molar-refractivity contribution in [1.82, 2.24) is 25.2 Å². The van der Waals surface area contributed by atoms with Crippen LogP contribution in [0, 0.1) is 0 Å². The van der Waals surface area contributed by atoms with Gasteiger partial charge in [-0.3, -0.25) is 9.78 Å². The van der Waals surface area contributed by atoms with Crippen LogP contribution in [0.5, 0.6) is 5.75 Å². The number of hydrogen-bond donors (Lipinski definition) is 1. The average molecular weight is 495 g/mol. The van der Waals surface area contributed by atoms with Crippen LogP contribution in [0.25, 0.3) is 5.69 Å². The topological polar surface area (TPSA) is 94.8 Å². The molecule has 0 bridgehead atoms. The highest BCUT2D eigenvalue weighted by Gasteiger charge is 2.15. The minimum Gasteiger partial charge on any atom is -0.489 e. The van der Waals surface area contributed by atoms with Gasteiger partial charge in [-0.2, -0.15) is 4.68 Å². The molecule has 0 unspecified atom stereocenters. The second-order valence-electron chi connectivity index (χ2n) is 7.76. The molecule has 0 atom stereocenters. The van der Waals surface area contributed by atoms with Crippen LogP contribution in [0.15, 0.2) is 108 Å². The summed E-state index contributed by atoms with van der Waals surface area (Å²) >= 11 is 1.51. The highest BCUT2D eigenvalue weighted by Crippen LogP contribution is 2.27. The summed E-state index contributed by atoms with van der Waals surface area (Å²) in [5, 5.41) is 15.1. The van der Waals surface area contributed by atoms with Gasteiger partial charge in [0.1, 0.15) is 12.4 Å². The van der Waals surface area contributed by atoms with E-state index in [9.17, 15) is 4.79 Å². The van der Waals surface area contributed by atoms with E-state index < -0.39 is 0 Å². The van der Waals surface area contributed by atoms with Gasteiger partial charge in [-0.1, -0.05) is 42.5 Å². The first kappa shape index (κ1) is 23.3. The van der Waals surface area contributed by atoms with E-state index in [0.717, 1.165) is 16.1 Å². The summed E-state index contributed by atoms with van der Waals surface area (Å²) in [4.78, 5) is 18.1. The number of nitrogens with zero attached hydrogens (tertiary/aromatic N) is 5. The van der Waals surface area contributed by atoms with Crippen molar-refractivity contribution in [3.05, 3.63) is 120 Å². The lowest BCUT2D eigenvalue weighted by molar-refractivity contribution is 0.102. The zero-order valence-electron chi connectivity index (χ0n) is 19.2. The number of thioether (sulfide) groups is 1. The first-order chi connectivity index (χ1) is 17.8. The van der Waals surface area contributed by atoms with Crippen molar-refractivity contribution < 1.29 is 9.53 Å². The van der Waals surface area contributed by atoms with E-state index in [0.29, 0.717) is 35.2 Å². The first-order valence-electron chi connectivity index (χ1n) is 11.2. The van der Waals surface area contributed by atoms with Gasteiger partial charge in [0.05, 0.1) is 17.0 Å². The second-order valence-corrected chi connectivity index (χ2v) is 8.78. The Morgan fingerprint density at radius 3 is 2.67 bits per heavy atom. The molecule has 9 heteroatoms. The Bertz CT molecular complexity index is 1440. The maximum Gasteiger partial charge on any atom is 0.256 e. The fraction of sp³-hybridized carbons (Fsp3) is 0.0741. The molecule has 0 aliphatic heterocycles. The Hall–Kier alpha value is -4.50. The highest BCUT2D eigenvalue weighted by molar-refractivity contribution is 7.98. The fourth-order valence-electron chi connectivity index (χ4n) is 3.50. The second kappa shape index (κ2) is 11.3. The maximum atomic E-state index is 13.2. The number of amides is 1. The van der Waals surface area contributed by atoms with Crippen molar-refractivity contribution in [2.24, 2.45) is 0 Å². The molecule has 0 saturated heterocycles. The van der Waals surface area contributed by atoms with Crippen LogP contribution in [0.1, 0.15) is 21.7 Å². The van der Waals surface area contributed by atoms with Crippen LogP contribution >= 0.6 is 11.8 Å². The number of nitrogens with one attached hydrogen (secondary N) is 1. The van der Waals surface area contributed by atoms with Crippen LogP contribution in [-0.2, 0) is 12.4 Å². The molecule has 2 heterocycles. The molecular weight excluding hydrogens is 472 g/mol. The van der Waals surface area contributed by atoms with Crippen molar-refractivity contribution in [2.45, 2.75) is 17.3 Å². The molecule has 5 rings (SSSR count). The number of tetrazole rings is 1. The molecule has 178 valence electrons. The third kappa shape index (κ3) is 5.76. The number of carbonyl (C=O) groups excluding carboxylic acids is 1. The van der Waals surface area contributed by atoms with Gasteiger partial charge in [-0.15, -0.1) is 16.9 Å². The molecule has 36 heavy (non-hydrogen) atoms. The van der Waals surface area contributed by atoms with Gasteiger partial charge in [-0.05, 0) is 52.9 Å². The number of carbonyl (C=O) groups is 1. The van der Waals surface area contributed by atoms with E-state index in [2.05, 4.69) is 25.8 Å². The number of hydrogen-bond acceptors (Lipinski definition) is 7. The van der Waals surface area contributed by atoms with Crippen molar-refractivity contribution >= 4 is 23.4 Å². The Morgan fingerprint density at radius 2 is 1.81 bits per heavy atom. The van der Waals surface area contributed by atoms with Crippen LogP contribution in [0.3, 0.4) is 0 Å². The molecule has 0 fully saturated rings. The van der Waals surface area contributed by atoms with E-state index >= 15 is 0 Å². The van der Waals surface area contributed by atoms with Gasteiger partial charge in [0, 0.05) is 34.6 Å². The van der Waals surface area contributed by atoms with Gasteiger partial charge >= 0.3 is 0 Å². The summed E-state index contributed by atoms with van der Waals surface area (Å²) in [5.74, 6) is 1.65. The summed E-state index contributed by atoms with van der Waals surface area (Å²) in [5.41, 5.74) is 3.07. The number of benzene rings is 3. The van der Waals surface area contributed by atoms with Gasteiger partial charge in [0.25, 0.3) is 5.91 Å². The van der Waals surface area contributed by atoms with E-state index in [4.69, 9.17) is 4.74 Å². The van der Waals surface area contributed by atoms with Gasteiger partial charge in [0.2, 0.25) is 0 Å². The van der Waals surface area contributed by atoms with Gasteiger partial charge in [-0.25, -0.2) is 0 Å². The molecule has 2 aromatic heterocycles. The van der Waals surface area contributed by atoms with Crippen LogP contribution in [0.4, 0.5) is 5.69 Å². The van der Waals surface area contributed by atoms with E-state index in [1.807, 2.05) is 78.9 Å². The molecule has 0 saturated carbocycles. The molecule has 3 aromatic carbocycles. The number of rotatable bonds is 9. The van der Waals surface area contributed by atoms with Crippen LogP contribution in [0.2, 0.25) is 0 Å². The van der Waals surface area contributed by atoms with E-state index in [1.54, 1.807) is 29.2 Å². The zero-order chi connectivity index (χ0) is 24.6. The summed E-state index contributed by atoms with van der Waals surface area (Å²) < 4.78 is 7.56. The summed E-state index contributed by atoms with van der Waals surface area (Å²) in [6, 6.07) is 28.3. The Morgan fingerprint density at radius 1 is 0.944 bits per heavy atom. The highest BCUT2D eigenvalue weighted by atomic mass is 32.2. The average Bonchev–Trinajstić information content (AvgIpc) is 3.41. The lowest BCUT2D eigenvalue weighted by Crippen LogP contribution is -2.13.